The SMILES string of the molecule is COc1ccc(C)cc1Nc1cc(Nc2ccc3c(c2)OCO3)nc(C)n1. The normalized spacial score (nSPS) is 12.0. The molecule has 2 heterocycles. The second-order valence-corrected chi connectivity index (χ2v) is 6.21. The van der Waals surface area contributed by atoms with Crippen LogP contribution < -0.4 is 24.8 Å². The highest BCUT2D eigenvalue weighted by Gasteiger charge is 2.14. The zero-order chi connectivity index (χ0) is 18.8. The summed E-state index contributed by atoms with van der Waals surface area (Å²) in [5.41, 5.74) is 2.84. The Balaban J connectivity index is 1.59. The van der Waals surface area contributed by atoms with Crippen LogP contribution in [0.2, 0.25) is 0 Å². The lowest BCUT2D eigenvalue weighted by Crippen LogP contribution is -2.02. The highest BCUT2D eigenvalue weighted by atomic mass is 16.7. The number of rotatable bonds is 5. The molecule has 0 spiro atoms. The smallest absolute Gasteiger partial charge is 0.231 e. The number of nitrogens with one attached hydrogen (secondary N) is 2. The van der Waals surface area contributed by atoms with Crippen LogP contribution in [0, 0.1) is 13.8 Å². The summed E-state index contributed by atoms with van der Waals surface area (Å²) in [7, 11) is 1.65. The number of hydrogen-bond acceptors (Lipinski definition) is 7. The van der Waals surface area contributed by atoms with Crippen molar-refractivity contribution in [2.45, 2.75) is 13.8 Å². The van der Waals surface area contributed by atoms with Crippen LogP contribution in [0.5, 0.6) is 17.2 Å². The van der Waals surface area contributed by atoms with E-state index in [1.165, 1.54) is 0 Å². The maximum Gasteiger partial charge on any atom is 0.231 e. The summed E-state index contributed by atoms with van der Waals surface area (Å²) in [4.78, 5) is 8.93. The van der Waals surface area contributed by atoms with E-state index >= 15 is 0 Å². The van der Waals surface area contributed by atoms with Crippen LogP contribution in [0.3, 0.4) is 0 Å². The van der Waals surface area contributed by atoms with Gasteiger partial charge in [-0.1, -0.05) is 6.07 Å². The molecule has 2 N–H and O–H groups in total. The Morgan fingerprint density at radius 1 is 0.889 bits per heavy atom. The molecular weight excluding hydrogens is 344 g/mol. The first-order valence-corrected chi connectivity index (χ1v) is 8.55. The fraction of sp³-hybridized carbons (Fsp3) is 0.200. The van der Waals surface area contributed by atoms with Crippen molar-refractivity contribution >= 4 is 23.0 Å². The molecule has 2 aromatic carbocycles. The highest BCUT2D eigenvalue weighted by molar-refractivity contribution is 5.68. The zero-order valence-corrected chi connectivity index (χ0v) is 15.4. The van der Waals surface area contributed by atoms with Gasteiger partial charge in [0.15, 0.2) is 11.5 Å². The second-order valence-electron chi connectivity index (χ2n) is 6.21. The fourth-order valence-electron chi connectivity index (χ4n) is 2.88. The Labute approximate surface area is 157 Å². The lowest BCUT2D eigenvalue weighted by molar-refractivity contribution is 0.174. The maximum absolute atomic E-state index is 5.42. The van der Waals surface area contributed by atoms with E-state index in [0.717, 1.165) is 28.4 Å². The van der Waals surface area contributed by atoms with Crippen molar-refractivity contribution in [2.24, 2.45) is 0 Å². The minimum absolute atomic E-state index is 0.248. The van der Waals surface area contributed by atoms with Gasteiger partial charge in [0.25, 0.3) is 0 Å². The number of benzene rings is 2. The van der Waals surface area contributed by atoms with E-state index in [2.05, 4.69) is 20.6 Å². The Morgan fingerprint density at radius 2 is 1.67 bits per heavy atom. The molecule has 0 atom stereocenters. The third kappa shape index (κ3) is 3.72. The number of aromatic nitrogens is 2. The fourth-order valence-corrected chi connectivity index (χ4v) is 2.88. The van der Waals surface area contributed by atoms with E-state index in [-0.39, 0.29) is 6.79 Å². The number of aryl methyl sites for hydroxylation is 2. The summed E-state index contributed by atoms with van der Waals surface area (Å²) in [5.74, 6) is 4.21. The van der Waals surface area contributed by atoms with Gasteiger partial charge in [-0.05, 0) is 43.7 Å². The van der Waals surface area contributed by atoms with Crippen molar-refractivity contribution in [2.75, 3.05) is 24.5 Å². The van der Waals surface area contributed by atoms with Crippen molar-refractivity contribution in [1.29, 1.82) is 0 Å². The third-order valence-electron chi connectivity index (χ3n) is 4.10. The number of methoxy groups -OCH3 is 1. The van der Waals surface area contributed by atoms with Crippen molar-refractivity contribution in [3.05, 3.63) is 53.9 Å². The van der Waals surface area contributed by atoms with E-state index in [9.17, 15) is 0 Å². The van der Waals surface area contributed by atoms with Gasteiger partial charge < -0.3 is 24.8 Å². The zero-order valence-electron chi connectivity index (χ0n) is 15.4. The first-order valence-electron chi connectivity index (χ1n) is 8.55. The van der Waals surface area contributed by atoms with E-state index in [4.69, 9.17) is 14.2 Å². The van der Waals surface area contributed by atoms with Gasteiger partial charge in [-0.15, -0.1) is 0 Å². The average molecular weight is 364 g/mol. The molecule has 1 aromatic heterocycles. The summed E-state index contributed by atoms with van der Waals surface area (Å²) in [5, 5.41) is 6.59. The van der Waals surface area contributed by atoms with Crippen LogP contribution in [-0.4, -0.2) is 23.9 Å². The molecule has 1 aliphatic heterocycles. The van der Waals surface area contributed by atoms with Crippen molar-refractivity contribution in [3.63, 3.8) is 0 Å². The number of anilines is 4. The standard InChI is InChI=1S/C20H20N4O3/c1-12-4-6-16(25-3)15(8-12)24-20-10-19(21-13(2)22-20)23-14-5-7-17-18(9-14)27-11-26-17/h4-10H,11H2,1-3H3,(H2,21,22,23,24). The van der Waals surface area contributed by atoms with Gasteiger partial charge in [-0.25, -0.2) is 9.97 Å². The van der Waals surface area contributed by atoms with Gasteiger partial charge >= 0.3 is 0 Å². The minimum Gasteiger partial charge on any atom is -0.495 e. The topological polar surface area (TPSA) is 77.5 Å². The third-order valence-corrected chi connectivity index (χ3v) is 4.10. The lowest BCUT2D eigenvalue weighted by Gasteiger charge is -2.13. The molecule has 0 bridgehead atoms. The number of ether oxygens (including phenoxy) is 3. The van der Waals surface area contributed by atoms with E-state index < -0.39 is 0 Å². The predicted octanol–water partition coefficient (Wildman–Crippen LogP) is 4.32. The van der Waals surface area contributed by atoms with Crippen molar-refractivity contribution < 1.29 is 14.2 Å². The molecule has 0 fully saturated rings. The first kappa shape index (κ1) is 17.0. The van der Waals surface area contributed by atoms with Crippen LogP contribution in [-0.2, 0) is 0 Å². The number of hydrogen-bond donors (Lipinski definition) is 2. The van der Waals surface area contributed by atoms with Gasteiger partial charge in [0.05, 0.1) is 12.8 Å². The molecule has 7 heteroatoms. The summed E-state index contributed by atoms with van der Waals surface area (Å²) in [6.07, 6.45) is 0. The molecule has 1 aliphatic rings. The second kappa shape index (κ2) is 7.03. The van der Waals surface area contributed by atoms with E-state index in [0.29, 0.717) is 23.2 Å². The molecule has 27 heavy (non-hydrogen) atoms. The van der Waals surface area contributed by atoms with E-state index in [1.807, 2.05) is 56.3 Å². The Kier molecular flexibility index (Phi) is 4.42. The van der Waals surface area contributed by atoms with Crippen LogP contribution in [0.4, 0.5) is 23.0 Å². The predicted molar refractivity (Wildman–Crippen MR) is 104 cm³/mol. The van der Waals surface area contributed by atoms with Crippen molar-refractivity contribution in [1.82, 2.24) is 9.97 Å². The van der Waals surface area contributed by atoms with Gasteiger partial charge in [0, 0.05) is 17.8 Å². The highest BCUT2D eigenvalue weighted by Crippen LogP contribution is 2.35. The van der Waals surface area contributed by atoms with Crippen LogP contribution in [0.25, 0.3) is 0 Å². The summed E-state index contributed by atoms with van der Waals surface area (Å²) in [6, 6.07) is 13.5. The van der Waals surface area contributed by atoms with Gasteiger partial charge in [-0.3, -0.25) is 0 Å². The molecule has 4 rings (SSSR count). The molecule has 3 aromatic rings. The van der Waals surface area contributed by atoms with Crippen LogP contribution in [0.1, 0.15) is 11.4 Å². The van der Waals surface area contributed by atoms with Crippen LogP contribution in [0.15, 0.2) is 42.5 Å². The monoisotopic (exact) mass is 364 g/mol. The summed E-state index contributed by atoms with van der Waals surface area (Å²) >= 11 is 0. The van der Waals surface area contributed by atoms with Crippen LogP contribution >= 0.6 is 0 Å². The molecule has 0 unspecified atom stereocenters. The molecule has 0 radical (unpaired) electrons. The van der Waals surface area contributed by atoms with E-state index in [1.54, 1.807) is 7.11 Å². The molecule has 0 saturated carbocycles. The number of nitrogens with zero attached hydrogens (tertiary/aromatic N) is 2. The first-order chi connectivity index (χ1) is 13.1. The lowest BCUT2D eigenvalue weighted by atomic mass is 10.2. The average Bonchev–Trinajstić information content (AvgIpc) is 3.09. The van der Waals surface area contributed by atoms with Gasteiger partial charge in [0.1, 0.15) is 23.2 Å². The Morgan fingerprint density at radius 3 is 2.48 bits per heavy atom. The molecule has 0 amide bonds. The molecule has 0 saturated heterocycles. The molecule has 7 nitrogen and oxygen atoms in total. The van der Waals surface area contributed by atoms with Crippen molar-refractivity contribution in [3.8, 4) is 17.2 Å². The Bertz CT molecular complexity index is 991. The maximum atomic E-state index is 5.42. The molecule has 138 valence electrons. The van der Waals surface area contributed by atoms with Gasteiger partial charge in [-0.2, -0.15) is 0 Å². The summed E-state index contributed by atoms with van der Waals surface area (Å²) in [6.45, 7) is 4.13. The largest absolute Gasteiger partial charge is 0.495 e. The Hall–Kier alpha value is -3.48. The minimum atomic E-state index is 0.248. The number of fused-ring (bicyclic) bond motifs is 1. The molecular formula is C20H20N4O3. The van der Waals surface area contributed by atoms with Gasteiger partial charge in [0.2, 0.25) is 6.79 Å². The quantitative estimate of drug-likeness (QED) is 0.698. The summed E-state index contributed by atoms with van der Waals surface area (Å²) < 4.78 is 16.2. The molecule has 0 aliphatic carbocycles.